The Hall–Kier alpha value is -3.26. The maximum absolute atomic E-state index is 10.9. The Morgan fingerprint density at radius 2 is 2.24 bits per heavy atom. The van der Waals surface area contributed by atoms with Crippen LogP contribution in [0.1, 0.15) is 12.5 Å². The minimum Gasteiger partial charge on any atom is -0.475 e. The van der Waals surface area contributed by atoms with Crippen molar-refractivity contribution in [2.75, 3.05) is 6.61 Å². The van der Waals surface area contributed by atoms with Crippen molar-refractivity contribution in [1.82, 2.24) is 19.9 Å². The summed E-state index contributed by atoms with van der Waals surface area (Å²) in [6.07, 6.45) is 7.26. The molecule has 0 bridgehead atoms. The van der Waals surface area contributed by atoms with Crippen LogP contribution in [-0.4, -0.2) is 43.7 Å². The van der Waals surface area contributed by atoms with Crippen LogP contribution < -0.4 is 10.5 Å². The summed E-state index contributed by atoms with van der Waals surface area (Å²) in [5.41, 5.74) is 8.48. The summed E-state index contributed by atoms with van der Waals surface area (Å²) in [4.78, 5) is 27.0. The second kappa shape index (κ2) is 7.10. The number of rotatable bonds is 6. The molecular weight excluding hydrogens is 322 g/mol. The smallest absolute Gasteiger partial charge is 0.241 e. The number of H-pyrrole nitrogens is 1. The maximum atomic E-state index is 10.9. The average Bonchev–Trinajstić information content (AvgIpc) is 3.01. The van der Waals surface area contributed by atoms with Crippen LogP contribution in [0.25, 0.3) is 28.5 Å². The highest BCUT2D eigenvalue weighted by atomic mass is 16.5. The van der Waals surface area contributed by atoms with Gasteiger partial charge in [-0.1, -0.05) is 0 Å². The molecule has 0 saturated carbocycles. The van der Waals surface area contributed by atoms with Gasteiger partial charge in [-0.2, -0.15) is 0 Å². The van der Waals surface area contributed by atoms with Gasteiger partial charge in [0.25, 0.3) is 0 Å². The van der Waals surface area contributed by atoms with E-state index in [2.05, 4.69) is 19.9 Å². The number of aliphatic hydroxyl groups excluding tert-OH is 1. The lowest BCUT2D eigenvalue weighted by atomic mass is 10.2. The zero-order chi connectivity index (χ0) is 17.8. The van der Waals surface area contributed by atoms with Crippen molar-refractivity contribution in [2.45, 2.75) is 13.0 Å². The monoisotopic (exact) mass is 339 g/mol. The van der Waals surface area contributed by atoms with Gasteiger partial charge in [0.15, 0.2) is 5.65 Å². The van der Waals surface area contributed by atoms with E-state index in [1.165, 1.54) is 6.08 Å². The normalized spacial score (nSPS) is 12.6. The van der Waals surface area contributed by atoms with Crippen LogP contribution in [0.2, 0.25) is 0 Å². The molecule has 8 nitrogen and oxygen atoms in total. The number of nitrogens with zero attached hydrogens (tertiary/aromatic N) is 3. The minimum absolute atomic E-state index is 0.178. The summed E-state index contributed by atoms with van der Waals surface area (Å²) >= 11 is 0. The van der Waals surface area contributed by atoms with Gasteiger partial charge in [-0.15, -0.1) is 0 Å². The molecule has 3 aromatic heterocycles. The summed E-state index contributed by atoms with van der Waals surface area (Å²) < 4.78 is 5.33. The van der Waals surface area contributed by atoms with E-state index >= 15 is 0 Å². The number of ether oxygens (including phenoxy) is 1. The molecule has 0 fully saturated rings. The summed E-state index contributed by atoms with van der Waals surface area (Å²) in [6.45, 7) is 1.82. The van der Waals surface area contributed by atoms with Gasteiger partial charge in [0, 0.05) is 35.7 Å². The molecular formula is C17H17N5O3. The van der Waals surface area contributed by atoms with Crippen molar-refractivity contribution in [3.05, 3.63) is 42.4 Å². The number of nitrogens with two attached hydrogens (primary N) is 1. The third-order valence-electron chi connectivity index (χ3n) is 3.34. The van der Waals surface area contributed by atoms with E-state index in [0.29, 0.717) is 28.3 Å². The average molecular weight is 339 g/mol. The first-order valence-corrected chi connectivity index (χ1v) is 7.62. The Balaban J connectivity index is 1.88. The summed E-state index contributed by atoms with van der Waals surface area (Å²) in [6, 6.07) is 3.51. The first kappa shape index (κ1) is 16.6. The molecule has 4 N–H and O–H groups in total. The van der Waals surface area contributed by atoms with Crippen molar-refractivity contribution in [1.29, 1.82) is 0 Å². The molecule has 1 amide bonds. The van der Waals surface area contributed by atoms with Gasteiger partial charge in [-0.05, 0) is 19.1 Å². The fourth-order valence-corrected chi connectivity index (χ4v) is 2.17. The van der Waals surface area contributed by atoms with Crippen molar-refractivity contribution in [3.8, 4) is 17.1 Å². The Morgan fingerprint density at radius 1 is 1.40 bits per heavy atom. The Bertz CT molecular complexity index is 916. The van der Waals surface area contributed by atoms with E-state index in [1.54, 1.807) is 37.7 Å². The number of amides is 1. The van der Waals surface area contributed by atoms with Gasteiger partial charge in [-0.3, -0.25) is 4.79 Å². The number of carbonyl (C=O) groups is 1. The van der Waals surface area contributed by atoms with Crippen LogP contribution in [0.3, 0.4) is 0 Å². The van der Waals surface area contributed by atoms with Gasteiger partial charge in [0.05, 0.1) is 18.0 Å². The summed E-state index contributed by atoms with van der Waals surface area (Å²) in [7, 11) is 0. The first-order valence-electron chi connectivity index (χ1n) is 7.62. The molecule has 3 heterocycles. The van der Waals surface area contributed by atoms with Crippen LogP contribution in [-0.2, 0) is 4.79 Å². The lowest BCUT2D eigenvalue weighted by Gasteiger charge is -2.07. The van der Waals surface area contributed by atoms with Crippen LogP contribution >= 0.6 is 0 Å². The second-order valence-electron chi connectivity index (χ2n) is 5.48. The van der Waals surface area contributed by atoms with Crippen LogP contribution in [0.4, 0.5) is 0 Å². The predicted octanol–water partition coefficient (Wildman–Crippen LogP) is 1.28. The molecule has 0 aromatic carbocycles. The zero-order valence-electron chi connectivity index (χ0n) is 13.5. The molecule has 0 aliphatic rings. The third kappa shape index (κ3) is 3.99. The van der Waals surface area contributed by atoms with E-state index in [1.807, 2.05) is 6.07 Å². The van der Waals surface area contributed by atoms with Gasteiger partial charge >= 0.3 is 0 Å². The molecule has 3 rings (SSSR count). The Morgan fingerprint density at radius 3 is 2.92 bits per heavy atom. The van der Waals surface area contributed by atoms with Gasteiger partial charge in [0.1, 0.15) is 12.1 Å². The second-order valence-corrected chi connectivity index (χ2v) is 5.48. The Labute approximate surface area is 143 Å². The molecule has 25 heavy (non-hydrogen) atoms. The van der Waals surface area contributed by atoms with Crippen molar-refractivity contribution < 1.29 is 14.6 Å². The standard InChI is InChI=1S/C17H17N5O3/c1-10(23)9-25-15-5-3-11(6-19-15)13-8-21-17-16(22-13)12(7-20-17)2-4-14(18)24/h2-8,10,23H,9H2,1H3,(H2,18,24)(H,20,21)/t10-/m0/s1. The quantitative estimate of drug-likeness (QED) is 0.581. The number of aliphatic hydroxyl groups is 1. The molecule has 3 aromatic rings. The van der Waals surface area contributed by atoms with E-state index in [9.17, 15) is 9.90 Å². The number of primary amides is 1. The number of aromatic nitrogens is 4. The fourth-order valence-electron chi connectivity index (χ4n) is 2.17. The van der Waals surface area contributed by atoms with E-state index in [0.717, 1.165) is 5.56 Å². The van der Waals surface area contributed by atoms with Gasteiger partial charge in [-0.25, -0.2) is 15.0 Å². The SMILES string of the molecule is C[C@H](O)COc1ccc(-c2cnc3[nH]cc(C=CC(N)=O)c3n2)cn1. The van der Waals surface area contributed by atoms with E-state index in [4.69, 9.17) is 10.5 Å². The highest BCUT2D eigenvalue weighted by Gasteiger charge is 2.08. The minimum atomic E-state index is -0.560. The number of aromatic amines is 1. The van der Waals surface area contributed by atoms with Gasteiger partial charge in [0.2, 0.25) is 11.8 Å². The lowest BCUT2D eigenvalue weighted by Crippen LogP contribution is -2.13. The van der Waals surface area contributed by atoms with Crippen molar-refractivity contribution >= 4 is 23.1 Å². The number of hydrogen-bond acceptors (Lipinski definition) is 6. The topological polar surface area (TPSA) is 127 Å². The summed E-state index contributed by atoms with van der Waals surface area (Å²) in [5.74, 6) is -0.110. The Kier molecular flexibility index (Phi) is 4.71. The maximum Gasteiger partial charge on any atom is 0.241 e. The predicted molar refractivity (Wildman–Crippen MR) is 92.5 cm³/mol. The summed E-state index contributed by atoms with van der Waals surface area (Å²) in [5, 5.41) is 9.22. The fraction of sp³-hybridized carbons (Fsp3) is 0.176. The van der Waals surface area contributed by atoms with Crippen LogP contribution in [0.15, 0.2) is 36.8 Å². The molecule has 0 spiro atoms. The third-order valence-corrected chi connectivity index (χ3v) is 3.34. The van der Waals surface area contributed by atoms with Crippen molar-refractivity contribution in [3.63, 3.8) is 0 Å². The molecule has 0 aliphatic heterocycles. The number of fused-ring (bicyclic) bond motifs is 1. The van der Waals surface area contributed by atoms with Crippen molar-refractivity contribution in [2.24, 2.45) is 5.73 Å². The molecule has 8 heteroatoms. The number of nitrogens with one attached hydrogen (secondary N) is 1. The largest absolute Gasteiger partial charge is 0.475 e. The molecule has 0 unspecified atom stereocenters. The van der Waals surface area contributed by atoms with Crippen LogP contribution in [0, 0.1) is 0 Å². The zero-order valence-corrected chi connectivity index (χ0v) is 13.5. The first-order chi connectivity index (χ1) is 12.0. The number of carbonyl (C=O) groups excluding carboxylic acids is 1. The number of pyridine rings is 1. The molecule has 0 radical (unpaired) electrons. The van der Waals surface area contributed by atoms with Gasteiger partial charge < -0.3 is 20.6 Å². The molecule has 0 aliphatic carbocycles. The van der Waals surface area contributed by atoms with E-state index in [-0.39, 0.29) is 6.61 Å². The molecule has 0 saturated heterocycles. The van der Waals surface area contributed by atoms with E-state index < -0.39 is 12.0 Å². The lowest BCUT2D eigenvalue weighted by molar-refractivity contribution is -0.113. The highest BCUT2D eigenvalue weighted by Crippen LogP contribution is 2.22. The highest BCUT2D eigenvalue weighted by molar-refractivity contribution is 5.93. The van der Waals surface area contributed by atoms with Crippen LogP contribution in [0.5, 0.6) is 5.88 Å². The number of hydrogen-bond donors (Lipinski definition) is 3. The molecule has 128 valence electrons. The molecule has 1 atom stereocenters.